The number of ether oxygens (including phenoxy) is 2. The highest BCUT2D eigenvalue weighted by Gasteiger charge is 2.27. The van der Waals surface area contributed by atoms with Gasteiger partial charge in [-0.1, -0.05) is 6.07 Å². The Morgan fingerprint density at radius 1 is 1.20 bits per heavy atom. The van der Waals surface area contributed by atoms with Crippen LogP contribution >= 0.6 is 0 Å². The molecule has 1 amide bonds. The lowest BCUT2D eigenvalue weighted by molar-refractivity contribution is -0.142. The van der Waals surface area contributed by atoms with Crippen LogP contribution < -0.4 is 10.3 Å². The molecule has 2 rings (SSSR count). The first-order chi connectivity index (χ1) is 11.9. The molecule has 134 valence electrons. The molecule has 0 saturated heterocycles. The summed E-state index contributed by atoms with van der Waals surface area (Å²) in [5, 5.41) is 1.01. The maximum absolute atomic E-state index is 12.6. The molecular formula is C18H22N2O5. The van der Waals surface area contributed by atoms with E-state index in [-0.39, 0.29) is 5.56 Å². The minimum Gasteiger partial charge on any atom is -0.472 e. The monoisotopic (exact) mass is 346 g/mol. The Bertz CT molecular complexity index is 841. The summed E-state index contributed by atoms with van der Waals surface area (Å²) in [5.74, 6) is -0.522. The van der Waals surface area contributed by atoms with Gasteiger partial charge in [-0.25, -0.2) is 0 Å². The van der Waals surface area contributed by atoms with Crippen LogP contribution in [0.5, 0.6) is 5.75 Å². The molecule has 25 heavy (non-hydrogen) atoms. The molecule has 0 bridgehead atoms. The SMILES string of the molecule is COCCn1ccc2c(OC(C(C)=O)C(=O)N(C)C)cccc2c1=O. The summed E-state index contributed by atoms with van der Waals surface area (Å²) < 4.78 is 12.2. The van der Waals surface area contributed by atoms with E-state index in [0.29, 0.717) is 29.7 Å². The summed E-state index contributed by atoms with van der Waals surface area (Å²) in [4.78, 5) is 37.8. The van der Waals surface area contributed by atoms with Gasteiger partial charge in [0.2, 0.25) is 6.10 Å². The molecule has 0 aliphatic rings. The van der Waals surface area contributed by atoms with Crippen LogP contribution in [0.2, 0.25) is 0 Å². The highest BCUT2D eigenvalue weighted by molar-refractivity contribution is 6.03. The fourth-order valence-electron chi connectivity index (χ4n) is 2.43. The van der Waals surface area contributed by atoms with Crippen molar-refractivity contribution >= 4 is 22.5 Å². The van der Waals surface area contributed by atoms with E-state index in [1.807, 2.05) is 0 Å². The van der Waals surface area contributed by atoms with Crippen molar-refractivity contribution in [1.82, 2.24) is 9.47 Å². The van der Waals surface area contributed by atoms with Crippen LogP contribution in [0.1, 0.15) is 6.92 Å². The fourth-order valence-corrected chi connectivity index (χ4v) is 2.43. The molecule has 7 heteroatoms. The lowest BCUT2D eigenvalue weighted by atomic mass is 10.1. The second-order valence-corrected chi connectivity index (χ2v) is 5.87. The van der Waals surface area contributed by atoms with Crippen molar-refractivity contribution < 1.29 is 19.1 Å². The summed E-state index contributed by atoms with van der Waals surface area (Å²) in [6.45, 7) is 2.16. The van der Waals surface area contributed by atoms with Crippen molar-refractivity contribution in [3.05, 3.63) is 40.8 Å². The number of nitrogens with zero attached hydrogens (tertiary/aromatic N) is 2. The first kappa shape index (κ1) is 18.7. The van der Waals surface area contributed by atoms with E-state index in [1.54, 1.807) is 56.2 Å². The average molecular weight is 346 g/mol. The number of methoxy groups -OCH3 is 1. The standard InChI is InChI=1S/C18H22N2O5/c1-12(21)16(18(23)19(2)3)25-15-7-5-6-14-13(15)8-9-20(17(14)22)10-11-24-4/h5-9,16H,10-11H2,1-4H3. The summed E-state index contributed by atoms with van der Waals surface area (Å²) in [7, 11) is 4.68. The van der Waals surface area contributed by atoms with Gasteiger partial charge < -0.3 is 18.9 Å². The molecule has 1 aromatic heterocycles. The largest absolute Gasteiger partial charge is 0.472 e. The number of carbonyl (C=O) groups is 2. The number of likely N-dealkylation sites (N-methyl/N-ethyl adjacent to an activating group) is 1. The molecule has 1 heterocycles. The van der Waals surface area contributed by atoms with Gasteiger partial charge in [0.25, 0.3) is 11.5 Å². The van der Waals surface area contributed by atoms with E-state index < -0.39 is 17.8 Å². The number of ketones is 1. The van der Waals surface area contributed by atoms with Gasteiger partial charge in [0.05, 0.1) is 12.0 Å². The molecule has 0 saturated carbocycles. The first-order valence-electron chi connectivity index (χ1n) is 7.86. The zero-order valence-electron chi connectivity index (χ0n) is 14.8. The van der Waals surface area contributed by atoms with Crippen molar-refractivity contribution in [2.75, 3.05) is 27.8 Å². The molecular weight excluding hydrogens is 324 g/mol. The molecule has 1 unspecified atom stereocenters. The third-order valence-corrected chi connectivity index (χ3v) is 3.79. The Labute approximate surface area is 145 Å². The minimum absolute atomic E-state index is 0.182. The van der Waals surface area contributed by atoms with Gasteiger partial charge in [0.15, 0.2) is 5.78 Å². The maximum Gasteiger partial charge on any atom is 0.270 e. The lowest BCUT2D eigenvalue weighted by Crippen LogP contribution is -2.42. The van der Waals surface area contributed by atoms with Gasteiger partial charge in [-0.2, -0.15) is 0 Å². The number of rotatable bonds is 7. The normalized spacial score (nSPS) is 12.0. The Morgan fingerprint density at radius 3 is 2.52 bits per heavy atom. The maximum atomic E-state index is 12.6. The molecule has 0 fully saturated rings. The highest BCUT2D eigenvalue weighted by Crippen LogP contribution is 2.24. The summed E-state index contributed by atoms with van der Waals surface area (Å²) >= 11 is 0. The first-order valence-corrected chi connectivity index (χ1v) is 7.86. The zero-order chi connectivity index (χ0) is 18.6. The predicted molar refractivity (Wildman–Crippen MR) is 93.9 cm³/mol. The van der Waals surface area contributed by atoms with Crippen LogP contribution in [-0.4, -0.2) is 55.1 Å². The molecule has 7 nitrogen and oxygen atoms in total. The van der Waals surface area contributed by atoms with Crippen LogP contribution in [0.15, 0.2) is 35.3 Å². The summed E-state index contributed by atoms with van der Waals surface area (Å²) in [6.07, 6.45) is 0.407. The number of pyridine rings is 1. The van der Waals surface area contributed by atoms with Crippen molar-refractivity contribution in [2.45, 2.75) is 19.6 Å². The Kier molecular flexibility index (Phi) is 5.93. The van der Waals surface area contributed by atoms with E-state index in [0.717, 1.165) is 0 Å². The van der Waals surface area contributed by atoms with Gasteiger partial charge in [-0.15, -0.1) is 0 Å². The van der Waals surface area contributed by atoms with E-state index in [2.05, 4.69) is 0 Å². The number of aromatic nitrogens is 1. The molecule has 0 aliphatic carbocycles. The highest BCUT2D eigenvalue weighted by atomic mass is 16.5. The number of carbonyl (C=O) groups excluding carboxylic acids is 2. The molecule has 0 N–H and O–H groups in total. The van der Waals surface area contributed by atoms with Crippen molar-refractivity contribution in [1.29, 1.82) is 0 Å². The molecule has 1 atom stereocenters. The van der Waals surface area contributed by atoms with Gasteiger partial charge >= 0.3 is 0 Å². The van der Waals surface area contributed by atoms with E-state index in [9.17, 15) is 14.4 Å². The number of hydrogen-bond acceptors (Lipinski definition) is 5. The van der Waals surface area contributed by atoms with Gasteiger partial charge in [0, 0.05) is 39.3 Å². The lowest BCUT2D eigenvalue weighted by Gasteiger charge is -2.20. The van der Waals surface area contributed by atoms with Gasteiger partial charge in [-0.05, 0) is 25.1 Å². The Balaban J connectivity index is 2.45. The van der Waals surface area contributed by atoms with Crippen molar-refractivity contribution in [3.8, 4) is 5.75 Å². The van der Waals surface area contributed by atoms with E-state index >= 15 is 0 Å². The predicted octanol–water partition coefficient (Wildman–Crippen LogP) is 1.07. The number of Topliss-reactive ketones (excluding diaryl/α,β-unsaturated/α-hetero) is 1. The number of benzene rings is 1. The molecule has 1 aromatic carbocycles. The average Bonchev–Trinajstić information content (AvgIpc) is 2.58. The Hall–Kier alpha value is -2.67. The summed E-state index contributed by atoms with van der Waals surface area (Å²) in [6, 6.07) is 6.72. The number of fused-ring (bicyclic) bond motifs is 1. The minimum atomic E-state index is -1.24. The topological polar surface area (TPSA) is 77.8 Å². The van der Waals surface area contributed by atoms with Crippen LogP contribution in [0, 0.1) is 0 Å². The summed E-state index contributed by atoms with van der Waals surface area (Å²) in [5.41, 5.74) is -0.182. The van der Waals surface area contributed by atoms with E-state index in [1.165, 1.54) is 11.8 Å². The quantitative estimate of drug-likeness (QED) is 0.701. The van der Waals surface area contributed by atoms with Crippen LogP contribution in [0.3, 0.4) is 0 Å². The number of hydrogen-bond donors (Lipinski definition) is 0. The van der Waals surface area contributed by atoms with Gasteiger partial charge in [0.1, 0.15) is 5.75 Å². The second kappa shape index (κ2) is 7.94. The molecule has 0 aliphatic heterocycles. The fraction of sp³-hybridized carbons (Fsp3) is 0.389. The van der Waals surface area contributed by atoms with Crippen LogP contribution in [-0.2, 0) is 20.9 Å². The second-order valence-electron chi connectivity index (χ2n) is 5.87. The third-order valence-electron chi connectivity index (χ3n) is 3.79. The van der Waals surface area contributed by atoms with E-state index in [4.69, 9.17) is 9.47 Å². The zero-order valence-corrected chi connectivity index (χ0v) is 14.8. The smallest absolute Gasteiger partial charge is 0.270 e. The molecule has 0 radical (unpaired) electrons. The van der Waals surface area contributed by atoms with Crippen LogP contribution in [0.25, 0.3) is 10.8 Å². The van der Waals surface area contributed by atoms with Crippen LogP contribution in [0.4, 0.5) is 0 Å². The third kappa shape index (κ3) is 4.06. The van der Waals surface area contributed by atoms with Crippen molar-refractivity contribution in [3.63, 3.8) is 0 Å². The number of amides is 1. The van der Waals surface area contributed by atoms with Crippen molar-refractivity contribution in [2.24, 2.45) is 0 Å². The molecule has 2 aromatic rings. The molecule has 0 spiro atoms. The Morgan fingerprint density at radius 2 is 1.92 bits per heavy atom. The van der Waals surface area contributed by atoms with Gasteiger partial charge in [-0.3, -0.25) is 14.4 Å².